The minimum absolute atomic E-state index is 0.0690. The van der Waals surface area contributed by atoms with Gasteiger partial charge in [0.2, 0.25) is 0 Å². The number of aliphatic hydroxyl groups is 1. The molecule has 0 aliphatic heterocycles. The first kappa shape index (κ1) is 12.0. The van der Waals surface area contributed by atoms with Gasteiger partial charge in [-0.1, -0.05) is 17.7 Å². The van der Waals surface area contributed by atoms with Crippen molar-refractivity contribution < 1.29 is 10.2 Å². The fourth-order valence-electron chi connectivity index (χ4n) is 1.25. The van der Waals surface area contributed by atoms with E-state index < -0.39 is 0 Å². The molecule has 0 fully saturated rings. The van der Waals surface area contributed by atoms with E-state index in [1.54, 1.807) is 6.07 Å². The Balaban J connectivity index is 2.69. The summed E-state index contributed by atoms with van der Waals surface area (Å²) in [5.41, 5.74) is 1.65. The van der Waals surface area contributed by atoms with Gasteiger partial charge >= 0.3 is 0 Å². The highest BCUT2D eigenvalue weighted by molar-refractivity contribution is 5.35. The molecule has 1 rings (SSSR count). The van der Waals surface area contributed by atoms with E-state index in [1.165, 1.54) is 0 Å². The van der Waals surface area contributed by atoms with Crippen molar-refractivity contribution >= 4 is 0 Å². The summed E-state index contributed by atoms with van der Waals surface area (Å²) < 4.78 is 0. The van der Waals surface area contributed by atoms with Gasteiger partial charge in [-0.05, 0) is 26.8 Å². The summed E-state index contributed by atoms with van der Waals surface area (Å²) in [6.07, 6.45) is 0. The van der Waals surface area contributed by atoms with Gasteiger partial charge in [-0.25, -0.2) is 0 Å². The fourth-order valence-corrected chi connectivity index (χ4v) is 1.25. The number of aromatic hydroxyl groups is 1. The highest BCUT2D eigenvalue weighted by atomic mass is 16.3. The average Bonchev–Trinajstić information content (AvgIpc) is 2.20. The molecule has 0 heterocycles. The van der Waals surface area contributed by atoms with E-state index in [2.05, 4.69) is 5.32 Å². The Morgan fingerprint density at radius 1 is 1.33 bits per heavy atom. The Hall–Kier alpha value is -1.06. The van der Waals surface area contributed by atoms with Crippen LogP contribution in [-0.2, 0) is 6.54 Å². The Morgan fingerprint density at radius 2 is 2.00 bits per heavy atom. The number of phenols is 1. The average molecular weight is 209 g/mol. The summed E-state index contributed by atoms with van der Waals surface area (Å²) in [6, 6.07) is 5.50. The monoisotopic (exact) mass is 209 g/mol. The smallest absolute Gasteiger partial charge is 0.120 e. The molecule has 1 aromatic rings. The lowest BCUT2D eigenvalue weighted by Gasteiger charge is -2.23. The van der Waals surface area contributed by atoms with Crippen LogP contribution in [0.5, 0.6) is 5.75 Å². The summed E-state index contributed by atoms with van der Waals surface area (Å²) >= 11 is 0. The van der Waals surface area contributed by atoms with Gasteiger partial charge in [0.05, 0.1) is 6.61 Å². The lowest BCUT2D eigenvalue weighted by molar-refractivity contribution is 0.187. The Labute approximate surface area is 90.8 Å². The van der Waals surface area contributed by atoms with Crippen LogP contribution in [-0.4, -0.2) is 22.4 Å². The molecule has 3 nitrogen and oxygen atoms in total. The minimum atomic E-state index is -0.323. The molecule has 0 saturated carbocycles. The van der Waals surface area contributed by atoms with Crippen LogP contribution in [0.1, 0.15) is 25.0 Å². The Kier molecular flexibility index (Phi) is 3.72. The van der Waals surface area contributed by atoms with Crippen molar-refractivity contribution in [3.05, 3.63) is 29.3 Å². The van der Waals surface area contributed by atoms with Gasteiger partial charge in [-0.15, -0.1) is 0 Å². The molecule has 0 saturated heterocycles. The zero-order chi connectivity index (χ0) is 11.5. The maximum atomic E-state index is 9.60. The molecule has 84 valence electrons. The van der Waals surface area contributed by atoms with E-state index in [0.717, 1.165) is 11.1 Å². The van der Waals surface area contributed by atoms with E-state index in [9.17, 15) is 5.11 Å². The number of benzene rings is 1. The largest absolute Gasteiger partial charge is 0.508 e. The second-order valence-electron chi connectivity index (χ2n) is 4.53. The maximum absolute atomic E-state index is 9.60. The molecule has 0 aromatic heterocycles. The standard InChI is InChI=1S/C12H19NO2/c1-9-4-5-11(15)10(6-9)7-13-12(2,3)8-14/h4-6,13-15H,7-8H2,1-3H3. The summed E-state index contributed by atoms with van der Waals surface area (Å²) in [5, 5.41) is 21.9. The fraction of sp³-hybridized carbons (Fsp3) is 0.500. The minimum Gasteiger partial charge on any atom is -0.508 e. The van der Waals surface area contributed by atoms with E-state index >= 15 is 0 Å². The summed E-state index contributed by atoms with van der Waals surface area (Å²) in [4.78, 5) is 0. The summed E-state index contributed by atoms with van der Waals surface area (Å²) in [7, 11) is 0. The van der Waals surface area contributed by atoms with Crippen molar-refractivity contribution in [3.8, 4) is 5.75 Å². The lowest BCUT2D eigenvalue weighted by atomic mass is 10.1. The molecular weight excluding hydrogens is 190 g/mol. The Morgan fingerprint density at radius 3 is 2.60 bits per heavy atom. The van der Waals surface area contributed by atoms with E-state index in [-0.39, 0.29) is 12.1 Å². The number of nitrogens with one attached hydrogen (secondary N) is 1. The first-order valence-electron chi connectivity index (χ1n) is 5.09. The molecule has 0 unspecified atom stereocenters. The van der Waals surface area contributed by atoms with Crippen LogP contribution >= 0.6 is 0 Å². The quantitative estimate of drug-likeness (QED) is 0.705. The van der Waals surface area contributed by atoms with Crippen molar-refractivity contribution in [3.63, 3.8) is 0 Å². The molecule has 0 bridgehead atoms. The molecule has 0 atom stereocenters. The van der Waals surface area contributed by atoms with Crippen LogP contribution in [0, 0.1) is 6.92 Å². The predicted octanol–water partition coefficient (Wildman–Crippen LogP) is 1.56. The normalized spacial score (nSPS) is 11.7. The molecular formula is C12H19NO2. The van der Waals surface area contributed by atoms with Crippen LogP contribution < -0.4 is 5.32 Å². The first-order valence-corrected chi connectivity index (χ1v) is 5.09. The molecule has 0 radical (unpaired) electrons. The van der Waals surface area contributed by atoms with Gasteiger partial charge in [-0.2, -0.15) is 0 Å². The van der Waals surface area contributed by atoms with Crippen LogP contribution in [0.2, 0.25) is 0 Å². The van der Waals surface area contributed by atoms with Crippen LogP contribution in [0.4, 0.5) is 0 Å². The molecule has 0 aliphatic carbocycles. The molecule has 3 N–H and O–H groups in total. The zero-order valence-electron chi connectivity index (χ0n) is 9.54. The molecule has 0 spiro atoms. The molecule has 1 aromatic carbocycles. The lowest BCUT2D eigenvalue weighted by Crippen LogP contribution is -2.42. The maximum Gasteiger partial charge on any atom is 0.120 e. The van der Waals surface area contributed by atoms with Gasteiger partial charge in [0, 0.05) is 17.6 Å². The van der Waals surface area contributed by atoms with Crippen LogP contribution in [0.15, 0.2) is 18.2 Å². The summed E-state index contributed by atoms with van der Waals surface area (Å²) in [5.74, 6) is 0.293. The SMILES string of the molecule is Cc1ccc(O)c(CNC(C)(C)CO)c1. The molecule has 15 heavy (non-hydrogen) atoms. The van der Waals surface area contributed by atoms with Gasteiger partial charge in [0.1, 0.15) is 5.75 Å². The highest BCUT2D eigenvalue weighted by Gasteiger charge is 2.15. The van der Waals surface area contributed by atoms with Gasteiger partial charge in [0.15, 0.2) is 0 Å². The van der Waals surface area contributed by atoms with Gasteiger partial charge in [0.25, 0.3) is 0 Å². The zero-order valence-corrected chi connectivity index (χ0v) is 9.54. The predicted molar refractivity (Wildman–Crippen MR) is 60.8 cm³/mol. The second-order valence-corrected chi connectivity index (χ2v) is 4.53. The molecule has 0 aliphatic rings. The first-order chi connectivity index (χ1) is 6.94. The van der Waals surface area contributed by atoms with Crippen LogP contribution in [0.3, 0.4) is 0 Å². The van der Waals surface area contributed by atoms with E-state index in [4.69, 9.17) is 5.11 Å². The van der Waals surface area contributed by atoms with Crippen LogP contribution in [0.25, 0.3) is 0 Å². The highest BCUT2D eigenvalue weighted by Crippen LogP contribution is 2.18. The number of hydrogen-bond donors (Lipinski definition) is 3. The van der Waals surface area contributed by atoms with Crippen molar-refractivity contribution in [1.29, 1.82) is 0 Å². The van der Waals surface area contributed by atoms with Crippen molar-refractivity contribution in [2.24, 2.45) is 0 Å². The number of phenolic OH excluding ortho intramolecular Hbond substituents is 1. The molecule has 0 amide bonds. The van der Waals surface area contributed by atoms with Gasteiger partial charge < -0.3 is 15.5 Å². The Bertz CT molecular complexity index is 334. The molecule has 3 heteroatoms. The van der Waals surface area contributed by atoms with Crippen molar-refractivity contribution in [2.45, 2.75) is 32.9 Å². The number of hydrogen-bond acceptors (Lipinski definition) is 3. The number of aryl methyl sites for hydroxylation is 1. The number of rotatable bonds is 4. The van der Waals surface area contributed by atoms with E-state index in [0.29, 0.717) is 12.3 Å². The van der Waals surface area contributed by atoms with Crippen molar-refractivity contribution in [2.75, 3.05) is 6.61 Å². The second kappa shape index (κ2) is 4.64. The number of aliphatic hydroxyl groups excluding tert-OH is 1. The summed E-state index contributed by atoms with van der Waals surface area (Å²) in [6.45, 7) is 6.44. The topological polar surface area (TPSA) is 52.5 Å². The van der Waals surface area contributed by atoms with E-state index in [1.807, 2.05) is 32.9 Å². The van der Waals surface area contributed by atoms with Crippen molar-refractivity contribution in [1.82, 2.24) is 5.32 Å². The third-order valence-electron chi connectivity index (χ3n) is 2.39. The third-order valence-corrected chi connectivity index (χ3v) is 2.39. The van der Waals surface area contributed by atoms with Gasteiger partial charge in [-0.3, -0.25) is 0 Å². The third kappa shape index (κ3) is 3.53.